The Balaban J connectivity index is 2.52. The lowest BCUT2D eigenvalue weighted by atomic mass is 10.0. The number of rotatable bonds is 37. The van der Waals surface area contributed by atoms with E-state index in [2.05, 4.69) is 27.7 Å². The van der Waals surface area contributed by atoms with Crippen LogP contribution >= 0.6 is 7.82 Å². The highest BCUT2D eigenvalue weighted by Crippen LogP contribution is 2.38. The number of quaternary nitrogens is 1. The Morgan fingerprint density at radius 1 is 0.694 bits per heavy atom. The van der Waals surface area contributed by atoms with E-state index in [9.17, 15) is 34.4 Å². The number of furan rings is 1. The first-order chi connectivity index (χ1) is 29.5. The van der Waals surface area contributed by atoms with Crippen molar-refractivity contribution in [2.24, 2.45) is 0 Å². The molecule has 3 N–H and O–H groups in total. The third-order valence-electron chi connectivity index (χ3n) is 10.4. The maximum absolute atomic E-state index is 12.8. The number of carbonyl (C=O) groups excluding carboxylic acids is 2. The average molecular weight is 896 g/mol. The molecule has 0 saturated heterocycles. The van der Waals surface area contributed by atoms with Crippen molar-refractivity contribution in [2.45, 2.75) is 174 Å². The van der Waals surface area contributed by atoms with Gasteiger partial charge in [-0.05, 0) is 63.5 Å². The molecule has 0 saturated carbocycles. The van der Waals surface area contributed by atoms with Gasteiger partial charge in [-0.2, -0.15) is 0 Å². The Morgan fingerprint density at radius 3 is 1.87 bits per heavy atom. The summed E-state index contributed by atoms with van der Waals surface area (Å²) in [7, 11) is 0.940. The van der Waals surface area contributed by atoms with Crippen molar-refractivity contribution in [3.8, 4) is 0 Å². The molecular formula is C48H82NO12P. The van der Waals surface area contributed by atoms with Crippen molar-refractivity contribution < 1.29 is 61.8 Å². The van der Waals surface area contributed by atoms with Crippen LogP contribution in [0.3, 0.4) is 0 Å². The number of aryl methyl sites for hydroxylation is 2. The molecule has 5 atom stereocenters. The Hall–Kier alpha value is -2.87. The number of phosphoric ester groups is 1. The second kappa shape index (κ2) is 33.6. The van der Waals surface area contributed by atoms with E-state index in [1.165, 1.54) is 30.0 Å². The molecule has 62 heavy (non-hydrogen) atoms. The van der Waals surface area contributed by atoms with Crippen LogP contribution in [0.5, 0.6) is 0 Å². The summed E-state index contributed by atoms with van der Waals surface area (Å²) < 4.78 is 39.9. The number of carbonyl (C=O) groups is 2. The van der Waals surface area contributed by atoms with Crippen LogP contribution in [0.2, 0.25) is 0 Å². The molecule has 1 aromatic heterocycles. The number of aliphatic hydroxyl groups excluding tert-OH is 3. The van der Waals surface area contributed by atoms with Gasteiger partial charge in [0, 0.05) is 25.7 Å². The molecule has 1 unspecified atom stereocenters. The number of phosphoric acid groups is 1. The third kappa shape index (κ3) is 29.5. The highest BCUT2D eigenvalue weighted by atomic mass is 31.2. The number of hydrogen-bond acceptors (Lipinski definition) is 12. The summed E-state index contributed by atoms with van der Waals surface area (Å²) in [5.41, 5.74) is 2.55. The summed E-state index contributed by atoms with van der Waals surface area (Å²) in [6, 6.07) is 0. The first kappa shape index (κ1) is 57.1. The maximum Gasteiger partial charge on any atom is 0.306 e. The van der Waals surface area contributed by atoms with E-state index in [0.29, 0.717) is 17.4 Å². The van der Waals surface area contributed by atoms with Crippen LogP contribution in [0.15, 0.2) is 53.0 Å². The maximum atomic E-state index is 12.8. The molecule has 0 bridgehead atoms. The first-order valence-corrected chi connectivity index (χ1v) is 24.5. The zero-order chi connectivity index (χ0) is 46.2. The minimum Gasteiger partial charge on any atom is -0.756 e. The lowest BCUT2D eigenvalue weighted by Gasteiger charge is -2.28. The summed E-state index contributed by atoms with van der Waals surface area (Å²) in [4.78, 5) is 37.8. The monoisotopic (exact) mass is 896 g/mol. The molecule has 356 valence electrons. The second-order valence-corrected chi connectivity index (χ2v) is 18.6. The van der Waals surface area contributed by atoms with Gasteiger partial charge in [-0.3, -0.25) is 14.2 Å². The number of ether oxygens (including phenoxy) is 2. The SMILES string of the molecule is CCCCCc1oc(CCCCCCCCC(=O)O[C@H](COC(=O)CCC[C@@H](O)[C@H](O)/C=C/C=C/C=C\C=C\[C@H](O)CCCCC)COP(=O)([O-])OCC[N+](C)(C)C)c(C)c1C. The third-order valence-corrected chi connectivity index (χ3v) is 11.4. The van der Waals surface area contributed by atoms with Gasteiger partial charge in [-0.15, -0.1) is 0 Å². The van der Waals surface area contributed by atoms with Gasteiger partial charge in [0.05, 0.1) is 46.1 Å². The first-order valence-electron chi connectivity index (χ1n) is 23.0. The van der Waals surface area contributed by atoms with Gasteiger partial charge in [0.15, 0.2) is 6.10 Å². The minimum absolute atomic E-state index is 0.0877. The molecule has 13 nitrogen and oxygen atoms in total. The van der Waals surface area contributed by atoms with Gasteiger partial charge in [0.2, 0.25) is 0 Å². The fourth-order valence-electron chi connectivity index (χ4n) is 6.33. The molecule has 0 aliphatic rings. The van der Waals surface area contributed by atoms with E-state index < -0.39 is 57.4 Å². The summed E-state index contributed by atoms with van der Waals surface area (Å²) >= 11 is 0. The molecule has 0 fully saturated rings. The number of aliphatic hydroxyl groups is 3. The minimum atomic E-state index is -4.73. The molecular weight excluding hydrogens is 813 g/mol. The lowest BCUT2D eigenvalue weighted by Crippen LogP contribution is -2.37. The number of unbranched alkanes of at least 4 members (excludes halogenated alkanes) is 9. The van der Waals surface area contributed by atoms with Gasteiger partial charge in [0.1, 0.15) is 31.3 Å². The number of nitrogens with zero attached hydrogens (tertiary/aromatic N) is 1. The van der Waals surface area contributed by atoms with Gasteiger partial charge in [-0.1, -0.05) is 120 Å². The zero-order valence-corrected chi connectivity index (χ0v) is 40.0. The predicted octanol–water partition coefficient (Wildman–Crippen LogP) is 8.62. The summed E-state index contributed by atoms with van der Waals surface area (Å²) in [6.07, 6.45) is 24.9. The van der Waals surface area contributed by atoms with Crippen LogP contribution in [0, 0.1) is 13.8 Å². The highest BCUT2D eigenvalue weighted by Gasteiger charge is 2.22. The van der Waals surface area contributed by atoms with Gasteiger partial charge >= 0.3 is 11.9 Å². The van der Waals surface area contributed by atoms with Crippen molar-refractivity contribution in [1.82, 2.24) is 0 Å². The molecule has 1 rings (SSSR count). The number of hydrogen-bond donors (Lipinski definition) is 3. The fraction of sp³-hybridized carbons (Fsp3) is 0.708. The number of esters is 2. The van der Waals surface area contributed by atoms with Crippen molar-refractivity contribution >= 4 is 19.8 Å². The standard InChI is InChI=1S/C48H82NO12P/c1-8-10-20-27-41(50)28-22-16-12-13-17-23-29-43(51)44(52)30-26-34-47(53)57-37-42(38-59-62(55,56)58-36-35-49(5,6)7)60-48(54)33-25-19-15-14-18-24-32-46-40(4)39(3)45(61-46)31-21-11-9-2/h12-13,16-17,22-23,28-29,41-44,50-52H,8-11,14-15,18-21,24-27,30-38H2,1-7H3/b16-12-,17-13+,28-22+,29-23+/t41-,42-,43-,44-/m1/s1. The van der Waals surface area contributed by atoms with Crippen LogP contribution in [-0.2, 0) is 45.5 Å². The fourth-order valence-corrected chi connectivity index (χ4v) is 7.06. The molecule has 0 aliphatic carbocycles. The lowest BCUT2D eigenvalue weighted by molar-refractivity contribution is -0.870. The predicted molar refractivity (Wildman–Crippen MR) is 243 cm³/mol. The average Bonchev–Trinajstić information content (AvgIpc) is 3.48. The topological polar surface area (TPSA) is 185 Å². The summed E-state index contributed by atoms with van der Waals surface area (Å²) in [5.74, 6) is 1.02. The molecule has 0 radical (unpaired) electrons. The molecule has 0 aromatic carbocycles. The number of allylic oxidation sites excluding steroid dienone is 6. The van der Waals surface area contributed by atoms with Crippen molar-refractivity contribution in [2.75, 3.05) is 47.5 Å². The second-order valence-electron chi connectivity index (χ2n) is 17.2. The van der Waals surface area contributed by atoms with Gasteiger partial charge < -0.3 is 47.6 Å². The van der Waals surface area contributed by atoms with Crippen molar-refractivity contribution in [3.63, 3.8) is 0 Å². The zero-order valence-electron chi connectivity index (χ0n) is 39.1. The molecule has 0 amide bonds. The van der Waals surface area contributed by atoms with E-state index >= 15 is 0 Å². The normalized spacial score (nSPS) is 15.5. The van der Waals surface area contributed by atoms with Crippen LogP contribution in [0.1, 0.15) is 146 Å². The van der Waals surface area contributed by atoms with Gasteiger partial charge in [-0.25, -0.2) is 0 Å². The Morgan fingerprint density at radius 2 is 1.24 bits per heavy atom. The Bertz CT molecular complexity index is 1530. The van der Waals surface area contributed by atoms with E-state index in [1.54, 1.807) is 42.5 Å². The van der Waals surface area contributed by atoms with Crippen LogP contribution < -0.4 is 4.89 Å². The quantitative estimate of drug-likeness (QED) is 0.0190. The van der Waals surface area contributed by atoms with E-state index in [0.717, 1.165) is 88.6 Å². The summed E-state index contributed by atoms with van der Waals surface area (Å²) in [6.45, 7) is 7.92. The van der Waals surface area contributed by atoms with Crippen molar-refractivity contribution in [3.05, 3.63) is 71.3 Å². The van der Waals surface area contributed by atoms with Crippen LogP contribution in [0.25, 0.3) is 0 Å². The van der Waals surface area contributed by atoms with E-state index in [1.807, 2.05) is 21.1 Å². The molecule has 14 heteroatoms. The number of likely N-dealkylation sites (N-methyl/N-ethyl adjacent to an activating group) is 1. The Labute approximate surface area is 373 Å². The molecule has 0 spiro atoms. The Kier molecular flexibility index (Phi) is 31.0. The van der Waals surface area contributed by atoms with Crippen LogP contribution in [0.4, 0.5) is 0 Å². The van der Waals surface area contributed by atoms with Crippen molar-refractivity contribution in [1.29, 1.82) is 0 Å². The highest BCUT2D eigenvalue weighted by molar-refractivity contribution is 7.45. The largest absolute Gasteiger partial charge is 0.756 e. The van der Waals surface area contributed by atoms with Gasteiger partial charge in [0.25, 0.3) is 7.82 Å². The van der Waals surface area contributed by atoms with E-state index in [-0.39, 0.29) is 32.3 Å². The van der Waals surface area contributed by atoms with Crippen LogP contribution in [-0.4, -0.2) is 104 Å². The molecule has 0 aliphatic heterocycles. The molecule has 1 heterocycles. The smallest absolute Gasteiger partial charge is 0.306 e. The summed E-state index contributed by atoms with van der Waals surface area (Å²) in [5, 5.41) is 30.6. The van der Waals surface area contributed by atoms with E-state index in [4.69, 9.17) is 22.9 Å². The molecule has 1 aromatic rings.